The average molecular weight is 503 g/mol. The van der Waals surface area contributed by atoms with Crippen LogP contribution in [0.3, 0.4) is 0 Å². The van der Waals surface area contributed by atoms with Gasteiger partial charge in [-0.25, -0.2) is 27.6 Å². The fourth-order valence-corrected chi connectivity index (χ4v) is 5.65. The summed E-state index contributed by atoms with van der Waals surface area (Å²) < 4.78 is 42.4. The quantitative estimate of drug-likeness (QED) is 0.541. The number of anilines is 2. The van der Waals surface area contributed by atoms with Crippen molar-refractivity contribution in [3.8, 4) is 11.3 Å². The van der Waals surface area contributed by atoms with Crippen molar-refractivity contribution in [3.63, 3.8) is 0 Å². The van der Waals surface area contributed by atoms with Gasteiger partial charge < -0.3 is 4.84 Å². The van der Waals surface area contributed by atoms with Gasteiger partial charge in [-0.2, -0.15) is 0 Å². The second kappa shape index (κ2) is 8.24. The standard InChI is InChI=1S/C18H13Cl2FN4O4S2/c1-9-2-4-11(5-3-9)25-16(17(26)29-24-25)31(27,28)23-18-22-14(8-30-18)15-12(20)6-10(19)7-13(15)21/h2-8,16,24H,1H3,(H,22,23). The zero-order chi connectivity index (χ0) is 22.3. The number of hydrogen-bond acceptors (Lipinski definition) is 8. The van der Waals surface area contributed by atoms with E-state index >= 15 is 0 Å². The number of hydrazine groups is 1. The molecule has 162 valence electrons. The SMILES string of the molecule is Cc1ccc(N2NOC(=O)C2S(=O)(=O)Nc2nc(-c3c(F)cc(Cl)cc3Cl)cs2)cc1. The van der Waals surface area contributed by atoms with Gasteiger partial charge in [-0.3, -0.25) is 4.72 Å². The van der Waals surface area contributed by atoms with Gasteiger partial charge in [-0.15, -0.1) is 11.3 Å². The minimum Gasteiger partial charge on any atom is -0.347 e. The number of nitrogens with one attached hydrogen (secondary N) is 2. The molecule has 1 aliphatic rings. The minimum absolute atomic E-state index is 0.0176. The molecule has 1 saturated heterocycles. The fraction of sp³-hybridized carbons (Fsp3) is 0.111. The van der Waals surface area contributed by atoms with Crippen LogP contribution in [0.25, 0.3) is 11.3 Å². The summed E-state index contributed by atoms with van der Waals surface area (Å²) in [4.78, 5) is 21.0. The number of nitrogens with zero attached hydrogens (tertiary/aromatic N) is 2. The van der Waals surface area contributed by atoms with Crippen LogP contribution in [-0.2, 0) is 19.7 Å². The highest BCUT2D eigenvalue weighted by Gasteiger charge is 2.46. The molecule has 1 atom stereocenters. The molecule has 0 amide bonds. The second-order valence-electron chi connectivity index (χ2n) is 6.50. The fourth-order valence-electron chi connectivity index (χ4n) is 2.86. The van der Waals surface area contributed by atoms with Crippen molar-refractivity contribution in [2.75, 3.05) is 9.73 Å². The van der Waals surface area contributed by atoms with Crippen molar-refractivity contribution >= 4 is 61.4 Å². The molecule has 2 N–H and O–H groups in total. The van der Waals surface area contributed by atoms with Crippen molar-refractivity contribution in [2.24, 2.45) is 0 Å². The van der Waals surface area contributed by atoms with E-state index in [0.717, 1.165) is 28.0 Å². The maximum atomic E-state index is 14.3. The molecule has 2 aromatic carbocycles. The molecule has 1 unspecified atom stereocenters. The van der Waals surface area contributed by atoms with Gasteiger partial charge in [0.05, 0.1) is 22.0 Å². The van der Waals surface area contributed by atoms with Crippen LogP contribution in [0, 0.1) is 12.7 Å². The number of rotatable bonds is 5. The lowest BCUT2D eigenvalue weighted by molar-refractivity contribution is -0.142. The first-order valence-electron chi connectivity index (χ1n) is 8.60. The number of carbonyl (C=O) groups excluding carboxylic acids is 1. The number of aromatic nitrogens is 1. The van der Waals surface area contributed by atoms with Crippen molar-refractivity contribution in [3.05, 3.63) is 63.2 Å². The molecule has 1 fully saturated rings. The molecule has 0 saturated carbocycles. The van der Waals surface area contributed by atoms with E-state index < -0.39 is 27.2 Å². The first-order valence-corrected chi connectivity index (χ1v) is 11.8. The van der Waals surface area contributed by atoms with E-state index in [1.807, 2.05) is 6.92 Å². The van der Waals surface area contributed by atoms with Gasteiger partial charge in [0.15, 0.2) is 5.13 Å². The predicted molar refractivity (Wildman–Crippen MR) is 117 cm³/mol. The molecule has 0 bridgehead atoms. The van der Waals surface area contributed by atoms with Gasteiger partial charge >= 0.3 is 5.97 Å². The summed E-state index contributed by atoms with van der Waals surface area (Å²) in [6, 6.07) is 9.22. The van der Waals surface area contributed by atoms with E-state index in [1.54, 1.807) is 24.3 Å². The molecule has 0 radical (unpaired) electrons. The number of aryl methyl sites for hydroxylation is 1. The molecule has 1 aromatic heterocycles. The summed E-state index contributed by atoms with van der Waals surface area (Å²) in [6.07, 6.45) is 0. The van der Waals surface area contributed by atoms with Gasteiger partial charge in [0.25, 0.3) is 15.4 Å². The molecule has 0 aliphatic carbocycles. The molecule has 2 heterocycles. The smallest absolute Gasteiger partial charge is 0.347 e. The van der Waals surface area contributed by atoms with Gasteiger partial charge in [-0.1, -0.05) is 46.5 Å². The number of benzene rings is 2. The Hall–Kier alpha value is -2.44. The minimum atomic E-state index is -4.33. The van der Waals surface area contributed by atoms with E-state index in [4.69, 9.17) is 28.0 Å². The molecule has 13 heteroatoms. The van der Waals surface area contributed by atoms with Gasteiger partial charge in [0.2, 0.25) is 0 Å². The highest BCUT2D eigenvalue weighted by Crippen LogP contribution is 2.35. The van der Waals surface area contributed by atoms with Crippen molar-refractivity contribution in [2.45, 2.75) is 12.3 Å². The molecular weight excluding hydrogens is 490 g/mol. The Bertz CT molecular complexity index is 1240. The maximum Gasteiger partial charge on any atom is 0.368 e. The summed E-state index contributed by atoms with van der Waals surface area (Å²) >= 11 is 12.7. The van der Waals surface area contributed by atoms with Crippen LogP contribution >= 0.6 is 34.5 Å². The third-order valence-electron chi connectivity index (χ3n) is 4.28. The van der Waals surface area contributed by atoms with Gasteiger partial charge in [-0.05, 0) is 31.2 Å². The lowest BCUT2D eigenvalue weighted by Gasteiger charge is -2.21. The number of hydrogen-bond donors (Lipinski definition) is 2. The summed E-state index contributed by atoms with van der Waals surface area (Å²) in [5.41, 5.74) is 3.76. The highest BCUT2D eigenvalue weighted by atomic mass is 35.5. The first-order chi connectivity index (χ1) is 14.7. The van der Waals surface area contributed by atoms with E-state index in [9.17, 15) is 17.6 Å². The molecule has 3 aromatic rings. The van der Waals surface area contributed by atoms with Crippen LogP contribution in [0.2, 0.25) is 10.0 Å². The monoisotopic (exact) mass is 502 g/mol. The zero-order valence-electron chi connectivity index (χ0n) is 15.6. The number of carbonyl (C=O) groups is 1. The predicted octanol–water partition coefficient (Wildman–Crippen LogP) is 4.12. The Morgan fingerprint density at radius 2 is 1.97 bits per heavy atom. The Morgan fingerprint density at radius 1 is 1.26 bits per heavy atom. The zero-order valence-corrected chi connectivity index (χ0v) is 18.7. The number of halogens is 3. The van der Waals surface area contributed by atoms with Crippen molar-refractivity contribution in [1.82, 2.24) is 10.6 Å². The summed E-state index contributed by atoms with van der Waals surface area (Å²) in [5, 5.41) is 0.861. The van der Waals surface area contributed by atoms with E-state index in [2.05, 4.69) is 15.3 Å². The second-order valence-corrected chi connectivity index (χ2v) is 9.94. The maximum absolute atomic E-state index is 14.3. The van der Waals surface area contributed by atoms with Crippen molar-refractivity contribution in [1.29, 1.82) is 0 Å². The van der Waals surface area contributed by atoms with Crippen LogP contribution in [-0.4, -0.2) is 24.7 Å². The van der Waals surface area contributed by atoms with Crippen LogP contribution < -0.4 is 15.3 Å². The lowest BCUT2D eigenvalue weighted by atomic mass is 10.1. The summed E-state index contributed by atoms with van der Waals surface area (Å²) in [7, 11) is -4.33. The normalized spacial score (nSPS) is 16.5. The summed E-state index contributed by atoms with van der Waals surface area (Å²) in [5.74, 6) is -1.72. The van der Waals surface area contributed by atoms with E-state index in [0.29, 0.717) is 5.69 Å². The third-order valence-corrected chi connectivity index (χ3v) is 7.16. The molecule has 31 heavy (non-hydrogen) atoms. The lowest BCUT2D eigenvalue weighted by Crippen LogP contribution is -2.46. The topological polar surface area (TPSA) is 101 Å². The molecule has 4 rings (SSSR count). The molecule has 8 nitrogen and oxygen atoms in total. The number of sulfonamides is 1. The van der Waals surface area contributed by atoms with Crippen molar-refractivity contribution < 1.29 is 22.4 Å². The van der Waals surface area contributed by atoms with Crippen LogP contribution in [0.4, 0.5) is 15.2 Å². The molecule has 1 aliphatic heterocycles. The van der Waals surface area contributed by atoms with Crippen LogP contribution in [0.5, 0.6) is 0 Å². The highest BCUT2D eigenvalue weighted by molar-refractivity contribution is 7.94. The van der Waals surface area contributed by atoms with Crippen LogP contribution in [0.15, 0.2) is 41.8 Å². The van der Waals surface area contributed by atoms with Gasteiger partial charge in [0.1, 0.15) is 5.82 Å². The van der Waals surface area contributed by atoms with E-state index in [-0.39, 0.29) is 26.4 Å². The largest absolute Gasteiger partial charge is 0.368 e. The molecular formula is C18H13Cl2FN4O4S2. The van der Waals surface area contributed by atoms with Gasteiger partial charge in [0, 0.05) is 10.4 Å². The number of thiazole rings is 1. The summed E-state index contributed by atoms with van der Waals surface area (Å²) in [6.45, 7) is 1.87. The van der Waals surface area contributed by atoms with Crippen LogP contribution in [0.1, 0.15) is 5.56 Å². The van der Waals surface area contributed by atoms with E-state index in [1.165, 1.54) is 11.4 Å². The third kappa shape index (κ3) is 4.32. The Morgan fingerprint density at radius 3 is 2.65 bits per heavy atom. The average Bonchev–Trinajstić information content (AvgIpc) is 3.28. The Labute approximate surface area is 190 Å². The first kappa shape index (κ1) is 21.8. The molecule has 0 spiro atoms. The Kier molecular flexibility index (Phi) is 5.79. The Balaban J connectivity index is 1.62.